The Morgan fingerprint density at radius 1 is 0.679 bits per heavy atom. The van der Waals surface area contributed by atoms with E-state index < -0.39 is 14.4 Å². The molecule has 2 aromatic carbocycles. The molecule has 0 bridgehead atoms. The Morgan fingerprint density at radius 3 is 1.68 bits per heavy atom. The second kappa shape index (κ2) is 23.8. The van der Waals surface area contributed by atoms with Gasteiger partial charge in [0.15, 0.2) is 0 Å². The molecule has 0 heterocycles. The number of aliphatic hydroxyl groups excluding tert-OH is 1. The first-order valence-corrected chi connectivity index (χ1v) is 22.2. The first kappa shape index (κ1) is 47.1. The molecule has 1 unspecified atom stereocenters. The Labute approximate surface area is 325 Å². The minimum Gasteiger partial charge on any atom is -0.497 e. The summed E-state index contributed by atoms with van der Waals surface area (Å²) >= 11 is 0. The van der Waals surface area contributed by atoms with Crippen molar-refractivity contribution in [2.75, 3.05) is 34.2 Å². The molecule has 1 N–H and O–H groups in total. The van der Waals surface area contributed by atoms with Gasteiger partial charge in [0.1, 0.15) is 12.5 Å². The molecule has 0 aliphatic rings. The van der Waals surface area contributed by atoms with E-state index in [0.29, 0.717) is 43.1 Å². The third kappa shape index (κ3) is 14.5. The van der Waals surface area contributed by atoms with Gasteiger partial charge in [0.05, 0.1) is 51.8 Å². The maximum absolute atomic E-state index is 11.7. The molecule has 0 fully saturated rings. The molecule has 2 aromatic rings. The monoisotopic (exact) mass is 757 g/mol. The van der Waals surface area contributed by atoms with Crippen LogP contribution in [-0.2, 0) is 36.6 Å². The third-order valence-corrected chi connectivity index (χ3v) is 17.3. The molecule has 0 saturated carbocycles. The van der Waals surface area contributed by atoms with Gasteiger partial charge in [-0.25, -0.2) is 0 Å². The highest BCUT2D eigenvalue weighted by Gasteiger charge is 2.48. The maximum atomic E-state index is 11.7. The highest BCUT2D eigenvalue weighted by Crippen LogP contribution is 2.45. The van der Waals surface area contributed by atoms with Crippen molar-refractivity contribution >= 4 is 8.32 Å². The smallest absolute Gasteiger partial charge is 0.200 e. The zero-order valence-electron chi connectivity index (χ0n) is 35.8. The minimum atomic E-state index is -2.17. The van der Waals surface area contributed by atoms with Crippen LogP contribution in [0.4, 0.5) is 0 Å². The first-order chi connectivity index (χ1) is 25.1. The van der Waals surface area contributed by atoms with Crippen molar-refractivity contribution in [3.05, 3.63) is 77.4 Å². The molecule has 8 atom stereocenters. The molecule has 0 aliphatic heterocycles. The van der Waals surface area contributed by atoms with Crippen LogP contribution in [0.2, 0.25) is 16.6 Å². The molecule has 53 heavy (non-hydrogen) atoms. The number of hydrogen-bond acceptors (Lipinski definition) is 7. The van der Waals surface area contributed by atoms with E-state index in [9.17, 15) is 5.11 Å². The fourth-order valence-corrected chi connectivity index (χ4v) is 14.3. The van der Waals surface area contributed by atoms with Gasteiger partial charge >= 0.3 is 0 Å². The van der Waals surface area contributed by atoms with Gasteiger partial charge in [-0.1, -0.05) is 130 Å². The van der Waals surface area contributed by atoms with E-state index in [1.54, 1.807) is 14.2 Å². The van der Waals surface area contributed by atoms with Crippen LogP contribution < -0.4 is 4.74 Å². The zero-order valence-corrected chi connectivity index (χ0v) is 36.8. The van der Waals surface area contributed by atoms with E-state index in [4.69, 9.17) is 28.1 Å². The molecular formula is C45H76O7Si. The van der Waals surface area contributed by atoms with Gasteiger partial charge in [-0.2, -0.15) is 0 Å². The van der Waals surface area contributed by atoms with Crippen molar-refractivity contribution < 1.29 is 33.2 Å². The number of rotatable bonds is 26. The third-order valence-electron chi connectivity index (χ3n) is 11.2. The number of methoxy groups -OCH3 is 2. The summed E-state index contributed by atoms with van der Waals surface area (Å²) in [5.41, 5.74) is 4.99. The summed E-state index contributed by atoms with van der Waals surface area (Å²) in [7, 11) is 1.13. The minimum absolute atomic E-state index is 0.0179. The number of benzene rings is 2. The summed E-state index contributed by atoms with van der Waals surface area (Å²) in [6.45, 7) is 29.6. The summed E-state index contributed by atoms with van der Waals surface area (Å²) < 4.78 is 36.7. The second-order valence-corrected chi connectivity index (χ2v) is 22.1. The molecule has 302 valence electrons. The van der Waals surface area contributed by atoms with Crippen LogP contribution in [0.3, 0.4) is 0 Å². The highest BCUT2D eigenvalue weighted by molar-refractivity contribution is 6.77. The lowest BCUT2D eigenvalue weighted by Gasteiger charge is -2.47. The second-order valence-electron chi connectivity index (χ2n) is 16.7. The van der Waals surface area contributed by atoms with Crippen molar-refractivity contribution in [1.82, 2.24) is 0 Å². The van der Waals surface area contributed by atoms with E-state index in [1.165, 1.54) is 11.1 Å². The Morgan fingerprint density at radius 2 is 1.19 bits per heavy atom. The van der Waals surface area contributed by atoms with Crippen molar-refractivity contribution in [3.63, 3.8) is 0 Å². The fraction of sp³-hybridized carbons (Fsp3) is 0.689. The summed E-state index contributed by atoms with van der Waals surface area (Å²) in [6, 6.07) is 18.3. The van der Waals surface area contributed by atoms with Gasteiger partial charge in [-0.3, -0.25) is 0 Å². The maximum Gasteiger partial charge on any atom is 0.200 e. The molecule has 8 heteroatoms. The highest BCUT2D eigenvalue weighted by atomic mass is 28.4. The largest absolute Gasteiger partial charge is 0.497 e. The van der Waals surface area contributed by atoms with E-state index in [1.807, 2.05) is 30.3 Å². The molecule has 0 spiro atoms. The lowest BCUT2D eigenvalue weighted by atomic mass is 9.81. The number of aliphatic hydroxyl groups is 1. The molecular weight excluding hydrogens is 681 g/mol. The molecule has 0 aromatic heterocycles. The van der Waals surface area contributed by atoms with Crippen molar-refractivity contribution in [2.45, 2.75) is 138 Å². The lowest BCUT2D eigenvalue weighted by molar-refractivity contribution is -0.139. The van der Waals surface area contributed by atoms with E-state index in [0.717, 1.165) is 17.7 Å². The summed E-state index contributed by atoms with van der Waals surface area (Å²) in [5.74, 6) is 1.15. The van der Waals surface area contributed by atoms with Gasteiger partial charge in [0.25, 0.3) is 0 Å². The van der Waals surface area contributed by atoms with Crippen molar-refractivity contribution in [2.24, 2.45) is 29.6 Å². The summed E-state index contributed by atoms with van der Waals surface area (Å²) in [4.78, 5) is 0. The van der Waals surface area contributed by atoms with Crippen LogP contribution >= 0.6 is 0 Å². The van der Waals surface area contributed by atoms with E-state index >= 15 is 0 Å². The fourth-order valence-electron chi connectivity index (χ4n) is 8.53. The molecule has 0 saturated heterocycles. The van der Waals surface area contributed by atoms with E-state index in [-0.39, 0.29) is 48.6 Å². The molecule has 2 rings (SSSR count). The van der Waals surface area contributed by atoms with Gasteiger partial charge in [-0.15, -0.1) is 0 Å². The topological polar surface area (TPSA) is 75.6 Å². The van der Waals surface area contributed by atoms with Crippen molar-refractivity contribution in [1.29, 1.82) is 0 Å². The lowest BCUT2D eigenvalue weighted by Crippen LogP contribution is -2.52. The Hall–Kier alpha value is -2.04. The molecule has 0 radical (unpaired) electrons. The first-order valence-electron chi connectivity index (χ1n) is 20.0. The Bertz CT molecular complexity index is 1260. The van der Waals surface area contributed by atoms with Crippen LogP contribution in [0.25, 0.3) is 0 Å². The van der Waals surface area contributed by atoms with Gasteiger partial charge in [0, 0.05) is 24.9 Å². The standard InChI is InChI=1S/C45H76O7Si/c1-31(2)53(32(3)4,33(5)6)52-44(37(10)26-49-28-40-18-16-15-17-19-40)36(9)25-34(7)24-35(8)43(46)39(12)45(51-30-47-13)38(11)27-50-29-41-20-22-42(48-14)23-21-41/h15-23,25,31-33,35-39,43-46H,24,26-30H2,1-14H3/b34-25-/t35?,36-,37-,38-,39-,43+,44+,45-/m0/s1. The van der Waals surface area contributed by atoms with Crippen molar-refractivity contribution in [3.8, 4) is 5.75 Å². The zero-order chi connectivity index (χ0) is 39.7. The average Bonchev–Trinajstić information content (AvgIpc) is 3.11. The normalized spacial score (nSPS) is 17.4. The SMILES string of the molecule is COCO[C@H]([C@@H](C)[C@H](O)C(C)C/C(C)=C\[C@H](C)[C@@H](O[Si](C(C)C)(C(C)C)C(C)C)[C@@H](C)COCc1ccccc1)[C@@H](C)COCc1ccc(OC)cc1. The predicted molar refractivity (Wildman–Crippen MR) is 222 cm³/mol. The summed E-state index contributed by atoms with van der Waals surface area (Å²) in [5, 5.41) is 11.7. The van der Waals surface area contributed by atoms with Crippen LogP contribution in [0.15, 0.2) is 66.2 Å². The molecule has 0 aliphatic carbocycles. The number of ether oxygens (including phenoxy) is 5. The number of hydrogen-bond donors (Lipinski definition) is 1. The Balaban J connectivity index is 2.18. The van der Waals surface area contributed by atoms with Crippen LogP contribution in [0.5, 0.6) is 5.75 Å². The Kier molecular flexibility index (Phi) is 21.1. The van der Waals surface area contributed by atoms with Gasteiger partial charge < -0.3 is 33.2 Å². The van der Waals surface area contributed by atoms with Gasteiger partial charge in [-0.05, 0) is 65.1 Å². The molecule has 0 amide bonds. The average molecular weight is 757 g/mol. The van der Waals surface area contributed by atoms with E-state index in [2.05, 4.69) is 113 Å². The van der Waals surface area contributed by atoms with Crippen LogP contribution in [0, 0.1) is 29.6 Å². The predicted octanol–water partition coefficient (Wildman–Crippen LogP) is 10.9. The number of allylic oxidation sites excluding steroid dienone is 1. The quantitative estimate of drug-likeness (QED) is 0.0582. The molecule has 7 nitrogen and oxygen atoms in total. The van der Waals surface area contributed by atoms with Gasteiger partial charge in [0.2, 0.25) is 8.32 Å². The summed E-state index contributed by atoms with van der Waals surface area (Å²) in [6.07, 6.45) is 2.38. The van der Waals surface area contributed by atoms with Crippen LogP contribution in [-0.4, -0.2) is 66.0 Å². The van der Waals surface area contributed by atoms with Crippen LogP contribution in [0.1, 0.15) is 101 Å².